The summed E-state index contributed by atoms with van der Waals surface area (Å²) < 4.78 is 42.6. The normalized spacial score (nSPS) is 15.9. The minimum Gasteiger partial charge on any atom is -0.493 e. The Kier molecular flexibility index (Phi) is 12.1. The Morgan fingerprint density at radius 1 is 1.04 bits per heavy atom. The second-order valence-electron chi connectivity index (χ2n) is 12.2. The zero-order valence-corrected chi connectivity index (χ0v) is 28.0. The molecule has 0 aliphatic carbocycles. The molecule has 1 fully saturated rings. The third-order valence-electron chi connectivity index (χ3n) is 8.21. The van der Waals surface area contributed by atoms with E-state index in [2.05, 4.69) is 25.7 Å². The maximum Gasteiger partial charge on any atom is 0.305 e. The average Bonchev–Trinajstić information content (AvgIpc) is 3.60. The number of anilines is 1. The van der Waals surface area contributed by atoms with Crippen molar-refractivity contribution in [2.45, 2.75) is 64.5 Å². The second-order valence-corrected chi connectivity index (χ2v) is 12.2. The predicted molar refractivity (Wildman–Crippen MR) is 172 cm³/mol. The SMILES string of the molecule is COC(=O)CCCCOc1c(N2CCC(OC)C2)cc(C(=O)CN2Cc3cc(OC)c(OC)c(F)c3C2=N)cc1C(C)(C)C.Cl. The molecule has 4 rings (SSSR count). The highest BCUT2D eigenvalue weighted by atomic mass is 35.5. The molecular formula is C33H45ClFN3O7. The van der Waals surface area contributed by atoms with Gasteiger partial charge in [0.15, 0.2) is 23.1 Å². The van der Waals surface area contributed by atoms with Crippen LogP contribution in [0.1, 0.15) is 73.5 Å². The Labute approximate surface area is 271 Å². The maximum atomic E-state index is 15.3. The van der Waals surface area contributed by atoms with Crippen molar-refractivity contribution < 1.29 is 37.7 Å². The first-order valence-corrected chi connectivity index (χ1v) is 14.9. The number of hydrogen-bond donors (Lipinski definition) is 1. The summed E-state index contributed by atoms with van der Waals surface area (Å²) in [6.45, 7) is 8.12. The van der Waals surface area contributed by atoms with E-state index in [0.29, 0.717) is 49.3 Å². The number of esters is 1. The first-order valence-electron chi connectivity index (χ1n) is 14.9. The molecule has 0 radical (unpaired) electrons. The van der Waals surface area contributed by atoms with Gasteiger partial charge in [-0.2, -0.15) is 0 Å². The fourth-order valence-electron chi connectivity index (χ4n) is 5.73. The first kappa shape index (κ1) is 35.9. The highest BCUT2D eigenvalue weighted by Gasteiger charge is 2.34. The predicted octanol–water partition coefficient (Wildman–Crippen LogP) is 5.53. The van der Waals surface area contributed by atoms with Gasteiger partial charge >= 0.3 is 5.97 Å². The van der Waals surface area contributed by atoms with E-state index >= 15 is 4.39 Å². The zero-order valence-electron chi connectivity index (χ0n) is 27.2. The van der Waals surface area contributed by atoms with Gasteiger partial charge in [0.1, 0.15) is 11.6 Å². The number of fused-ring (bicyclic) bond motifs is 1. The number of halogens is 2. The van der Waals surface area contributed by atoms with Crippen molar-refractivity contribution in [3.8, 4) is 17.2 Å². The minimum atomic E-state index is -0.672. The smallest absolute Gasteiger partial charge is 0.305 e. The van der Waals surface area contributed by atoms with E-state index in [1.165, 1.54) is 21.3 Å². The molecule has 1 N–H and O–H groups in total. The van der Waals surface area contributed by atoms with Gasteiger partial charge in [-0.05, 0) is 48.4 Å². The Hall–Kier alpha value is -3.57. The molecule has 2 aromatic rings. The summed E-state index contributed by atoms with van der Waals surface area (Å²) in [6, 6.07) is 5.39. The molecule has 0 aromatic heterocycles. The number of unbranched alkanes of at least 4 members (excludes halogenated alkanes) is 1. The van der Waals surface area contributed by atoms with Gasteiger partial charge in [0.25, 0.3) is 0 Å². The number of amidine groups is 1. The number of carbonyl (C=O) groups excluding carboxylic acids is 2. The molecule has 2 heterocycles. The van der Waals surface area contributed by atoms with E-state index in [1.807, 2.05) is 12.1 Å². The Morgan fingerprint density at radius 3 is 2.38 bits per heavy atom. The highest BCUT2D eigenvalue weighted by Crippen LogP contribution is 2.42. The summed E-state index contributed by atoms with van der Waals surface area (Å²) in [5.41, 5.74) is 2.50. The summed E-state index contributed by atoms with van der Waals surface area (Å²) in [5, 5.41) is 8.70. The van der Waals surface area contributed by atoms with Crippen LogP contribution in [0.3, 0.4) is 0 Å². The summed E-state index contributed by atoms with van der Waals surface area (Å²) in [6.07, 6.45) is 2.55. The maximum absolute atomic E-state index is 15.3. The molecule has 10 nitrogen and oxygen atoms in total. The van der Waals surface area contributed by atoms with Crippen LogP contribution in [0.25, 0.3) is 0 Å². The number of methoxy groups -OCH3 is 4. The van der Waals surface area contributed by atoms with Crippen LogP contribution in [0.5, 0.6) is 17.2 Å². The Balaban J connectivity index is 0.00000552. The molecule has 1 atom stereocenters. The number of Topliss-reactive ketones (excluding diaryl/α,β-unsaturated/α-hetero) is 1. The number of ketones is 1. The number of carbonyl (C=O) groups is 2. The quantitative estimate of drug-likeness (QED) is 0.170. The number of rotatable bonds is 13. The average molecular weight is 650 g/mol. The van der Waals surface area contributed by atoms with Crippen molar-refractivity contribution in [3.05, 3.63) is 46.3 Å². The van der Waals surface area contributed by atoms with Gasteiger partial charge in [0.05, 0.1) is 51.8 Å². The molecule has 45 heavy (non-hydrogen) atoms. The molecule has 0 spiro atoms. The second kappa shape index (κ2) is 15.1. The van der Waals surface area contributed by atoms with Crippen LogP contribution in [-0.2, 0) is 26.2 Å². The van der Waals surface area contributed by atoms with Crippen LogP contribution in [0, 0.1) is 11.2 Å². The van der Waals surface area contributed by atoms with Gasteiger partial charge in [0.2, 0.25) is 0 Å². The Bertz CT molecular complexity index is 1410. The van der Waals surface area contributed by atoms with Crippen molar-refractivity contribution >= 4 is 35.7 Å². The lowest BCUT2D eigenvalue weighted by molar-refractivity contribution is -0.140. The number of ether oxygens (including phenoxy) is 5. The molecule has 248 valence electrons. The molecule has 1 unspecified atom stereocenters. The molecular weight excluding hydrogens is 605 g/mol. The van der Waals surface area contributed by atoms with E-state index in [9.17, 15) is 9.59 Å². The largest absolute Gasteiger partial charge is 0.493 e. The number of hydrogen-bond acceptors (Lipinski definition) is 9. The number of nitrogens with one attached hydrogen (secondary N) is 1. The van der Waals surface area contributed by atoms with Crippen LogP contribution in [0.2, 0.25) is 0 Å². The molecule has 2 aromatic carbocycles. The Morgan fingerprint density at radius 2 is 1.78 bits per heavy atom. The molecule has 0 saturated carbocycles. The first-order chi connectivity index (χ1) is 20.9. The summed E-state index contributed by atoms with van der Waals surface area (Å²) >= 11 is 0. The van der Waals surface area contributed by atoms with Crippen LogP contribution < -0.4 is 19.1 Å². The summed E-state index contributed by atoms with van der Waals surface area (Å²) in [4.78, 5) is 29.2. The molecule has 0 amide bonds. The summed E-state index contributed by atoms with van der Waals surface area (Å²) in [5.74, 6) is -0.296. The van der Waals surface area contributed by atoms with Crippen molar-refractivity contribution in [2.75, 3.05) is 59.6 Å². The van der Waals surface area contributed by atoms with Gasteiger partial charge < -0.3 is 33.5 Å². The van der Waals surface area contributed by atoms with E-state index in [0.717, 1.165) is 24.2 Å². The fourth-order valence-corrected chi connectivity index (χ4v) is 5.73. The van der Waals surface area contributed by atoms with Crippen molar-refractivity contribution in [1.82, 2.24) is 4.90 Å². The van der Waals surface area contributed by atoms with Gasteiger partial charge in [-0.1, -0.05) is 20.8 Å². The standard InChI is InChI=1S/C33H44FN3O7.ClH/c1-33(2,3)23-14-20(25(38)19-37-17-21-16-26(41-5)31(43-7)29(34)28(21)32(37)35)15-24(36-12-11-22(18-36)40-4)30(23)44-13-9-8-10-27(39)42-6;/h14-16,22,35H,8-13,17-19H2,1-7H3;1H. The van der Waals surface area contributed by atoms with E-state index in [4.69, 9.17) is 29.1 Å². The van der Waals surface area contributed by atoms with Gasteiger partial charge in [-0.3, -0.25) is 15.0 Å². The van der Waals surface area contributed by atoms with Gasteiger partial charge in [-0.25, -0.2) is 4.39 Å². The third-order valence-corrected chi connectivity index (χ3v) is 8.21. The van der Waals surface area contributed by atoms with E-state index < -0.39 is 5.82 Å². The lowest BCUT2D eigenvalue weighted by Gasteiger charge is -2.30. The fraction of sp³-hybridized carbons (Fsp3) is 0.545. The van der Waals surface area contributed by atoms with Crippen LogP contribution >= 0.6 is 12.4 Å². The highest BCUT2D eigenvalue weighted by molar-refractivity contribution is 6.06. The minimum absolute atomic E-state index is 0. The number of benzene rings is 2. The third kappa shape index (κ3) is 7.81. The van der Waals surface area contributed by atoms with Crippen LogP contribution in [-0.4, -0.2) is 83.3 Å². The van der Waals surface area contributed by atoms with Gasteiger partial charge in [-0.15, -0.1) is 12.4 Å². The molecule has 2 aliphatic rings. The van der Waals surface area contributed by atoms with E-state index in [1.54, 1.807) is 18.1 Å². The van der Waals surface area contributed by atoms with Crippen LogP contribution in [0.4, 0.5) is 10.1 Å². The molecule has 1 saturated heterocycles. The lowest BCUT2D eigenvalue weighted by atomic mass is 9.84. The van der Waals surface area contributed by atoms with Crippen molar-refractivity contribution in [3.63, 3.8) is 0 Å². The van der Waals surface area contributed by atoms with Crippen molar-refractivity contribution in [1.29, 1.82) is 5.41 Å². The van der Waals surface area contributed by atoms with Gasteiger partial charge in [0, 0.05) is 44.3 Å². The molecule has 2 aliphatic heterocycles. The topological polar surface area (TPSA) is 111 Å². The molecule has 12 heteroatoms. The van der Waals surface area contributed by atoms with Crippen molar-refractivity contribution in [2.24, 2.45) is 0 Å². The lowest BCUT2D eigenvalue weighted by Crippen LogP contribution is -2.31. The summed E-state index contributed by atoms with van der Waals surface area (Å²) in [7, 11) is 5.86. The number of nitrogens with zero attached hydrogens (tertiary/aromatic N) is 2. The zero-order chi connectivity index (χ0) is 32.2. The van der Waals surface area contributed by atoms with Crippen LogP contribution in [0.15, 0.2) is 18.2 Å². The monoisotopic (exact) mass is 649 g/mol. The van der Waals surface area contributed by atoms with E-state index in [-0.39, 0.29) is 71.7 Å². The molecule has 0 bridgehead atoms.